The van der Waals surface area contributed by atoms with Gasteiger partial charge in [0, 0.05) is 0 Å². The van der Waals surface area contributed by atoms with Gasteiger partial charge in [-0.1, -0.05) is 26.2 Å². The highest BCUT2D eigenvalue weighted by atomic mass is 31.2. The topological polar surface area (TPSA) is 66.8 Å². The van der Waals surface area contributed by atoms with Crippen molar-refractivity contribution in [2.45, 2.75) is 32.6 Å². The van der Waals surface area contributed by atoms with Crippen LogP contribution in [0.4, 0.5) is 0 Å². The molecular weight excluding hydrogens is 191 g/mol. The van der Waals surface area contributed by atoms with Crippen LogP contribution < -0.4 is 0 Å². The van der Waals surface area contributed by atoms with Gasteiger partial charge in [-0.3, -0.25) is 4.52 Å². The van der Waals surface area contributed by atoms with Crippen LogP contribution in [0.5, 0.6) is 0 Å². The molecule has 0 aliphatic heterocycles. The number of rotatable bonds is 4. The van der Waals surface area contributed by atoms with Crippen LogP contribution in [0.2, 0.25) is 0 Å². The van der Waals surface area contributed by atoms with Gasteiger partial charge in [0.05, 0.1) is 6.61 Å². The summed E-state index contributed by atoms with van der Waals surface area (Å²) >= 11 is 0. The van der Waals surface area contributed by atoms with Crippen LogP contribution in [-0.2, 0) is 9.09 Å². The van der Waals surface area contributed by atoms with Crippen molar-refractivity contribution in [2.24, 2.45) is 11.8 Å². The molecule has 1 saturated carbocycles. The third kappa shape index (κ3) is 3.77. The van der Waals surface area contributed by atoms with Gasteiger partial charge in [-0.25, -0.2) is 4.57 Å². The van der Waals surface area contributed by atoms with Gasteiger partial charge >= 0.3 is 7.82 Å². The summed E-state index contributed by atoms with van der Waals surface area (Å²) in [5.74, 6) is 0.934. The molecule has 1 aliphatic rings. The zero-order valence-electron chi connectivity index (χ0n) is 7.85. The molecule has 1 aliphatic carbocycles. The van der Waals surface area contributed by atoms with Crippen LogP contribution >= 0.6 is 7.82 Å². The van der Waals surface area contributed by atoms with E-state index in [2.05, 4.69) is 11.4 Å². The third-order valence-corrected chi connectivity index (χ3v) is 3.28. The molecule has 2 N–H and O–H groups in total. The average Bonchev–Trinajstić information content (AvgIpc) is 2.46. The van der Waals surface area contributed by atoms with E-state index in [-0.39, 0.29) is 6.61 Å². The predicted molar refractivity (Wildman–Crippen MR) is 49.1 cm³/mol. The average molecular weight is 208 g/mol. The van der Waals surface area contributed by atoms with Crippen LogP contribution in [0.1, 0.15) is 32.6 Å². The summed E-state index contributed by atoms with van der Waals surface area (Å²) in [5, 5.41) is 0. The molecule has 0 aromatic carbocycles. The summed E-state index contributed by atoms with van der Waals surface area (Å²) in [4.78, 5) is 17.1. The van der Waals surface area contributed by atoms with E-state index in [9.17, 15) is 4.57 Å². The smallest absolute Gasteiger partial charge is 0.303 e. The maximum atomic E-state index is 10.5. The van der Waals surface area contributed by atoms with Crippen molar-refractivity contribution >= 4 is 7.82 Å². The second-order valence-corrected chi connectivity index (χ2v) is 4.89. The first kappa shape index (κ1) is 11.2. The Morgan fingerprint density at radius 2 is 2.00 bits per heavy atom. The maximum Gasteiger partial charge on any atom is 0.469 e. The summed E-state index contributed by atoms with van der Waals surface area (Å²) in [6.07, 6.45) is 4.45. The van der Waals surface area contributed by atoms with Gasteiger partial charge in [-0.2, -0.15) is 0 Å². The maximum absolute atomic E-state index is 10.5. The van der Waals surface area contributed by atoms with E-state index in [4.69, 9.17) is 9.79 Å². The molecular formula is C8H17O4P. The summed E-state index contributed by atoms with van der Waals surface area (Å²) < 4.78 is 15.0. The van der Waals surface area contributed by atoms with Crippen molar-refractivity contribution in [2.75, 3.05) is 6.61 Å². The number of phosphoric ester groups is 1. The Morgan fingerprint density at radius 1 is 1.38 bits per heavy atom. The number of hydrogen-bond donors (Lipinski definition) is 2. The second kappa shape index (κ2) is 4.56. The highest BCUT2D eigenvalue weighted by Gasteiger charge is 2.28. The molecule has 0 radical (unpaired) electrons. The molecule has 0 bridgehead atoms. The van der Waals surface area contributed by atoms with E-state index in [0.29, 0.717) is 11.8 Å². The fraction of sp³-hybridized carbons (Fsp3) is 1.00. The number of phosphoric acid groups is 1. The molecule has 0 spiro atoms. The standard InChI is InChI=1S/C8H17O4P/c1-2-7-4-3-5-8(7)6-12-13(9,10)11/h7-8H,2-6H2,1H3,(H2,9,10,11). The van der Waals surface area contributed by atoms with E-state index in [0.717, 1.165) is 19.3 Å². The fourth-order valence-corrected chi connectivity index (χ4v) is 2.45. The van der Waals surface area contributed by atoms with Crippen molar-refractivity contribution in [1.29, 1.82) is 0 Å². The lowest BCUT2D eigenvalue weighted by atomic mass is 9.95. The highest BCUT2D eigenvalue weighted by molar-refractivity contribution is 7.46. The van der Waals surface area contributed by atoms with E-state index in [1.807, 2.05) is 0 Å². The third-order valence-electron chi connectivity index (χ3n) is 2.80. The van der Waals surface area contributed by atoms with E-state index in [1.165, 1.54) is 6.42 Å². The molecule has 0 heterocycles. The van der Waals surface area contributed by atoms with Crippen LogP contribution in [0.3, 0.4) is 0 Å². The Balaban J connectivity index is 2.32. The van der Waals surface area contributed by atoms with Gasteiger partial charge in [-0.15, -0.1) is 0 Å². The Hall–Kier alpha value is 0.110. The minimum atomic E-state index is -4.26. The van der Waals surface area contributed by atoms with Crippen LogP contribution in [0.15, 0.2) is 0 Å². The molecule has 5 heteroatoms. The molecule has 1 fully saturated rings. The lowest BCUT2D eigenvalue weighted by molar-refractivity contribution is 0.151. The fourth-order valence-electron chi connectivity index (χ4n) is 2.06. The molecule has 13 heavy (non-hydrogen) atoms. The summed E-state index contributed by atoms with van der Waals surface area (Å²) in [6, 6.07) is 0. The molecule has 1 rings (SSSR count). The summed E-state index contributed by atoms with van der Waals surface area (Å²) in [7, 11) is -4.26. The van der Waals surface area contributed by atoms with Crippen molar-refractivity contribution in [3.8, 4) is 0 Å². The second-order valence-electron chi connectivity index (χ2n) is 3.65. The Labute approximate surface area is 78.5 Å². The first-order valence-electron chi connectivity index (χ1n) is 4.73. The molecule has 0 aromatic rings. The Bertz CT molecular complexity index is 200. The Kier molecular flexibility index (Phi) is 3.92. The minimum absolute atomic E-state index is 0.211. The van der Waals surface area contributed by atoms with E-state index >= 15 is 0 Å². The van der Waals surface area contributed by atoms with Crippen molar-refractivity contribution < 1.29 is 18.9 Å². The lowest BCUT2D eigenvalue weighted by Crippen LogP contribution is -2.13. The van der Waals surface area contributed by atoms with Crippen molar-refractivity contribution in [1.82, 2.24) is 0 Å². The molecule has 4 nitrogen and oxygen atoms in total. The van der Waals surface area contributed by atoms with Crippen LogP contribution in [0, 0.1) is 11.8 Å². The van der Waals surface area contributed by atoms with E-state index < -0.39 is 7.82 Å². The molecule has 0 saturated heterocycles. The van der Waals surface area contributed by atoms with Gasteiger partial charge in [0.25, 0.3) is 0 Å². The molecule has 78 valence electrons. The monoisotopic (exact) mass is 208 g/mol. The number of hydrogen-bond acceptors (Lipinski definition) is 2. The molecule has 2 atom stereocenters. The van der Waals surface area contributed by atoms with Crippen LogP contribution in [-0.4, -0.2) is 16.4 Å². The molecule has 0 aromatic heterocycles. The largest absolute Gasteiger partial charge is 0.469 e. The SMILES string of the molecule is CCC1CCCC1COP(=O)(O)O. The van der Waals surface area contributed by atoms with Gasteiger partial charge in [0.1, 0.15) is 0 Å². The van der Waals surface area contributed by atoms with E-state index in [1.54, 1.807) is 0 Å². The van der Waals surface area contributed by atoms with Crippen molar-refractivity contribution in [3.63, 3.8) is 0 Å². The van der Waals surface area contributed by atoms with Crippen LogP contribution in [0.25, 0.3) is 0 Å². The van der Waals surface area contributed by atoms with Gasteiger partial charge in [-0.05, 0) is 18.3 Å². The van der Waals surface area contributed by atoms with Crippen molar-refractivity contribution in [3.05, 3.63) is 0 Å². The zero-order chi connectivity index (χ0) is 9.90. The quantitative estimate of drug-likeness (QED) is 0.692. The van der Waals surface area contributed by atoms with Gasteiger partial charge in [0.15, 0.2) is 0 Å². The van der Waals surface area contributed by atoms with Gasteiger partial charge < -0.3 is 9.79 Å². The highest BCUT2D eigenvalue weighted by Crippen LogP contribution is 2.40. The first-order valence-corrected chi connectivity index (χ1v) is 6.26. The summed E-state index contributed by atoms with van der Waals surface area (Å²) in [6.45, 7) is 2.32. The predicted octanol–water partition coefficient (Wildman–Crippen LogP) is 1.92. The zero-order valence-corrected chi connectivity index (χ0v) is 8.74. The molecule has 2 unspecified atom stereocenters. The lowest BCUT2D eigenvalue weighted by Gasteiger charge is -2.17. The summed E-state index contributed by atoms with van der Waals surface area (Å²) in [5.41, 5.74) is 0. The normalized spacial score (nSPS) is 29.5. The Morgan fingerprint density at radius 3 is 2.54 bits per heavy atom. The minimum Gasteiger partial charge on any atom is -0.303 e. The van der Waals surface area contributed by atoms with Gasteiger partial charge in [0.2, 0.25) is 0 Å². The molecule has 0 amide bonds. The first-order chi connectivity index (χ1) is 6.03.